The summed E-state index contributed by atoms with van der Waals surface area (Å²) in [4.78, 5) is 4.41. The van der Waals surface area contributed by atoms with Crippen molar-refractivity contribution < 1.29 is 8.91 Å². The van der Waals surface area contributed by atoms with Crippen LogP contribution in [0.25, 0.3) is 11.4 Å². The predicted octanol–water partition coefficient (Wildman–Crippen LogP) is 5.73. The third-order valence-corrected chi connectivity index (χ3v) is 4.36. The zero-order valence-corrected chi connectivity index (χ0v) is 15.6. The van der Waals surface area contributed by atoms with Crippen LogP contribution in [0.5, 0.6) is 0 Å². The standard InChI is InChI=1S/C21H24FN3O/c1-13(2)17-6-5-7-18(14(3)4)20(17)23-12-19-24-21(25-26-19)15-8-10-16(22)11-9-15/h5-11,13-14,23H,12H2,1-4H3. The summed E-state index contributed by atoms with van der Waals surface area (Å²) >= 11 is 0. The molecule has 1 aromatic heterocycles. The van der Waals surface area contributed by atoms with Crippen LogP contribution in [0.15, 0.2) is 47.0 Å². The summed E-state index contributed by atoms with van der Waals surface area (Å²) in [5.41, 5.74) is 4.41. The Bertz CT molecular complexity index is 843. The molecule has 3 aromatic rings. The second-order valence-electron chi connectivity index (χ2n) is 6.99. The highest BCUT2D eigenvalue weighted by Gasteiger charge is 2.15. The van der Waals surface area contributed by atoms with Crippen LogP contribution in [0.2, 0.25) is 0 Å². The highest BCUT2D eigenvalue weighted by molar-refractivity contribution is 5.60. The molecule has 0 saturated carbocycles. The van der Waals surface area contributed by atoms with Crippen molar-refractivity contribution in [1.82, 2.24) is 10.1 Å². The SMILES string of the molecule is CC(C)c1cccc(C(C)C)c1NCc1nc(-c2ccc(F)cc2)no1. The maximum Gasteiger partial charge on any atom is 0.246 e. The first-order valence-corrected chi connectivity index (χ1v) is 8.91. The maximum atomic E-state index is 13.0. The molecular formula is C21H24FN3O. The lowest BCUT2D eigenvalue weighted by Gasteiger charge is -2.20. The molecule has 2 aromatic carbocycles. The van der Waals surface area contributed by atoms with Crippen molar-refractivity contribution in [3.63, 3.8) is 0 Å². The van der Waals surface area contributed by atoms with Gasteiger partial charge >= 0.3 is 0 Å². The van der Waals surface area contributed by atoms with Gasteiger partial charge in [0.05, 0.1) is 6.54 Å². The van der Waals surface area contributed by atoms with Crippen molar-refractivity contribution in [1.29, 1.82) is 0 Å². The molecule has 0 atom stereocenters. The largest absolute Gasteiger partial charge is 0.376 e. The second kappa shape index (κ2) is 7.68. The molecule has 0 radical (unpaired) electrons. The zero-order valence-electron chi connectivity index (χ0n) is 15.6. The van der Waals surface area contributed by atoms with Crippen molar-refractivity contribution in [2.24, 2.45) is 0 Å². The fraction of sp³-hybridized carbons (Fsp3) is 0.333. The number of hydrogen-bond donors (Lipinski definition) is 1. The highest BCUT2D eigenvalue weighted by atomic mass is 19.1. The Morgan fingerprint density at radius 1 is 0.962 bits per heavy atom. The lowest BCUT2D eigenvalue weighted by atomic mass is 9.92. The van der Waals surface area contributed by atoms with E-state index in [4.69, 9.17) is 4.52 Å². The molecule has 5 heteroatoms. The molecular weight excluding hydrogens is 329 g/mol. The van der Waals surface area contributed by atoms with E-state index < -0.39 is 0 Å². The number of anilines is 1. The number of benzene rings is 2. The minimum Gasteiger partial charge on any atom is -0.376 e. The molecule has 1 N–H and O–H groups in total. The van der Waals surface area contributed by atoms with E-state index in [2.05, 4.69) is 61.4 Å². The van der Waals surface area contributed by atoms with E-state index in [1.807, 2.05) is 0 Å². The average Bonchev–Trinajstić information content (AvgIpc) is 3.09. The summed E-state index contributed by atoms with van der Waals surface area (Å²) in [6.45, 7) is 9.18. The van der Waals surface area contributed by atoms with E-state index in [0.717, 1.165) is 11.3 Å². The maximum absolute atomic E-state index is 13.0. The third kappa shape index (κ3) is 3.93. The summed E-state index contributed by atoms with van der Waals surface area (Å²) in [7, 11) is 0. The first-order chi connectivity index (χ1) is 12.5. The lowest BCUT2D eigenvalue weighted by molar-refractivity contribution is 0.384. The van der Waals surface area contributed by atoms with Gasteiger partial charge in [0.25, 0.3) is 0 Å². The van der Waals surface area contributed by atoms with Gasteiger partial charge in [0.2, 0.25) is 11.7 Å². The monoisotopic (exact) mass is 353 g/mol. The van der Waals surface area contributed by atoms with Gasteiger partial charge < -0.3 is 9.84 Å². The van der Waals surface area contributed by atoms with Gasteiger partial charge in [-0.2, -0.15) is 4.98 Å². The van der Waals surface area contributed by atoms with Crippen molar-refractivity contribution >= 4 is 5.69 Å². The second-order valence-corrected chi connectivity index (χ2v) is 6.99. The van der Waals surface area contributed by atoms with Gasteiger partial charge in [0.1, 0.15) is 5.82 Å². The number of halogens is 1. The molecule has 26 heavy (non-hydrogen) atoms. The number of nitrogens with zero attached hydrogens (tertiary/aromatic N) is 2. The Labute approximate surface area is 153 Å². The van der Waals surface area contributed by atoms with Gasteiger partial charge in [-0.15, -0.1) is 0 Å². The zero-order chi connectivity index (χ0) is 18.7. The molecule has 0 bridgehead atoms. The van der Waals surface area contributed by atoms with E-state index >= 15 is 0 Å². The summed E-state index contributed by atoms with van der Waals surface area (Å²) in [6, 6.07) is 12.5. The molecule has 0 unspecified atom stereocenters. The van der Waals surface area contributed by atoms with Crippen LogP contribution in [0.3, 0.4) is 0 Å². The Kier molecular flexibility index (Phi) is 5.35. The Balaban J connectivity index is 1.80. The van der Waals surface area contributed by atoms with Gasteiger partial charge in [0, 0.05) is 11.3 Å². The first kappa shape index (κ1) is 18.1. The molecule has 4 nitrogen and oxygen atoms in total. The summed E-state index contributed by atoms with van der Waals surface area (Å²) in [5, 5.41) is 7.47. The fourth-order valence-electron chi connectivity index (χ4n) is 2.96. The minimum absolute atomic E-state index is 0.286. The molecule has 1 heterocycles. The Hall–Kier alpha value is -2.69. The molecule has 0 amide bonds. The number of nitrogens with one attached hydrogen (secondary N) is 1. The number of hydrogen-bond acceptors (Lipinski definition) is 4. The van der Waals surface area contributed by atoms with Gasteiger partial charge in [-0.1, -0.05) is 51.1 Å². The average molecular weight is 353 g/mol. The Morgan fingerprint density at radius 3 is 2.15 bits per heavy atom. The smallest absolute Gasteiger partial charge is 0.246 e. The number of aromatic nitrogens is 2. The van der Waals surface area contributed by atoms with E-state index in [9.17, 15) is 4.39 Å². The summed E-state index contributed by atoms with van der Waals surface area (Å²) < 4.78 is 18.4. The minimum atomic E-state index is -0.286. The Morgan fingerprint density at radius 2 is 1.58 bits per heavy atom. The van der Waals surface area contributed by atoms with Gasteiger partial charge in [-0.3, -0.25) is 0 Å². The molecule has 136 valence electrons. The fourth-order valence-corrected chi connectivity index (χ4v) is 2.96. The van der Waals surface area contributed by atoms with Crippen LogP contribution < -0.4 is 5.32 Å². The van der Waals surface area contributed by atoms with E-state index in [-0.39, 0.29) is 5.82 Å². The molecule has 0 saturated heterocycles. The molecule has 3 rings (SSSR count). The van der Waals surface area contributed by atoms with Gasteiger partial charge in [-0.25, -0.2) is 4.39 Å². The molecule has 0 aliphatic rings. The van der Waals surface area contributed by atoms with E-state index in [1.54, 1.807) is 12.1 Å². The quantitative estimate of drug-likeness (QED) is 0.614. The van der Waals surface area contributed by atoms with Crippen LogP contribution >= 0.6 is 0 Å². The normalized spacial score (nSPS) is 11.3. The molecule has 0 spiro atoms. The van der Waals surface area contributed by atoms with Crippen LogP contribution in [0, 0.1) is 5.82 Å². The summed E-state index contributed by atoms with van der Waals surface area (Å²) in [5.74, 6) is 1.49. The molecule has 0 fully saturated rings. The van der Waals surface area contributed by atoms with Crippen LogP contribution in [-0.4, -0.2) is 10.1 Å². The van der Waals surface area contributed by atoms with E-state index in [1.165, 1.54) is 23.3 Å². The third-order valence-electron chi connectivity index (χ3n) is 4.36. The van der Waals surface area contributed by atoms with Crippen molar-refractivity contribution in [3.05, 3.63) is 65.3 Å². The topological polar surface area (TPSA) is 51.0 Å². The highest BCUT2D eigenvalue weighted by Crippen LogP contribution is 2.32. The molecule has 0 aliphatic carbocycles. The van der Waals surface area contributed by atoms with Crippen molar-refractivity contribution in [3.8, 4) is 11.4 Å². The first-order valence-electron chi connectivity index (χ1n) is 8.91. The van der Waals surface area contributed by atoms with Gasteiger partial charge in [-0.05, 0) is 47.2 Å². The van der Waals surface area contributed by atoms with Crippen LogP contribution in [0.1, 0.15) is 56.5 Å². The van der Waals surface area contributed by atoms with Gasteiger partial charge in [0.15, 0.2) is 0 Å². The van der Waals surface area contributed by atoms with E-state index in [0.29, 0.717) is 30.1 Å². The predicted molar refractivity (Wildman–Crippen MR) is 102 cm³/mol. The van der Waals surface area contributed by atoms with Crippen LogP contribution in [-0.2, 0) is 6.54 Å². The number of para-hydroxylation sites is 1. The van der Waals surface area contributed by atoms with Crippen LogP contribution in [0.4, 0.5) is 10.1 Å². The van der Waals surface area contributed by atoms with Crippen molar-refractivity contribution in [2.45, 2.75) is 46.1 Å². The molecule has 0 aliphatic heterocycles. The number of rotatable bonds is 6. The summed E-state index contributed by atoms with van der Waals surface area (Å²) in [6.07, 6.45) is 0. The van der Waals surface area contributed by atoms with Crippen molar-refractivity contribution in [2.75, 3.05) is 5.32 Å². The lowest BCUT2D eigenvalue weighted by Crippen LogP contribution is -2.08.